The van der Waals surface area contributed by atoms with Crippen molar-refractivity contribution in [3.8, 4) is 5.75 Å². The highest BCUT2D eigenvalue weighted by Crippen LogP contribution is 2.22. The molecule has 0 saturated carbocycles. The van der Waals surface area contributed by atoms with Gasteiger partial charge in [-0.05, 0) is 42.8 Å². The van der Waals surface area contributed by atoms with Gasteiger partial charge in [0.05, 0.1) is 4.92 Å². The van der Waals surface area contributed by atoms with E-state index in [0.29, 0.717) is 12.8 Å². The number of carbonyl (C=O) groups excluding carboxylic acids is 3. The Morgan fingerprint density at radius 3 is 2.34 bits per heavy atom. The van der Waals surface area contributed by atoms with Gasteiger partial charge in [-0.2, -0.15) is 18.4 Å². The number of amides is 4. The Labute approximate surface area is 199 Å². The molecule has 1 aliphatic heterocycles. The lowest BCUT2D eigenvalue weighted by Crippen LogP contribution is -2.50. The van der Waals surface area contributed by atoms with Gasteiger partial charge in [-0.1, -0.05) is 13.3 Å². The molecule has 0 fully saturated rings. The maximum Gasteiger partial charge on any atom is 0.352 e. The molecule has 0 bridgehead atoms. The Hall–Kier alpha value is -4.46. The van der Waals surface area contributed by atoms with Crippen LogP contribution in [0.2, 0.25) is 0 Å². The van der Waals surface area contributed by atoms with Crippen LogP contribution in [0.5, 0.6) is 5.75 Å². The number of benzene rings is 2. The first-order valence-corrected chi connectivity index (χ1v) is 11.6. The van der Waals surface area contributed by atoms with Gasteiger partial charge in [-0.15, -0.1) is 0 Å². The van der Waals surface area contributed by atoms with E-state index in [4.69, 9.17) is 9.92 Å². The number of nitrogens with zero attached hydrogens (tertiary/aromatic N) is 4. The van der Waals surface area contributed by atoms with Crippen LogP contribution in [-0.2, 0) is 14.9 Å². The van der Waals surface area contributed by atoms with Gasteiger partial charge in [0.25, 0.3) is 17.5 Å². The summed E-state index contributed by atoms with van der Waals surface area (Å²) in [7, 11) is -4.31. The highest BCUT2D eigenvalue weighted by Gasteiger charge is 2.33. The van der Waals surface area contributed by atoms with E-state index in [1.54, 1.807) is 0 Å². The van der Waals surface area contributed by atoms with Gasteiger partial charge < -0.3 is 9.92 Å². The molecule has 13 nitrogen and oxygen atoms in total. The number of nitro benzene ring substituents is 1. The molecule has 0 aromatic heterocycles. The fraction of sp³-hybridized carbons (Fsp3) is 0.190. The summed E-state index contributed by atoms with van der Waals surface area (Å²) in [5.41, 5.74) is 4.84. The van der Waals surface area contributed by atoms with Crippen molar-refractivity contribution in [2.75, 3.05) is 6.54 Å². The molecule has 2 N–H and O–H groups in total. The maximum absolute atomic E-state index is 12.6. The Bertz CT molecular complexity index is 1350. The Balaban J connectivity index is 1.78. The molecule has 0 atom stereocenters. The van der Waals surface area contributed by atoms with E-state index in [-0.39, 0.29) is 28.4 Å². The zero-order chi connectivity index (χ0) is 25.8. The van der Waals surface area contributed by atoms with Crippen LogP contribution in [0, 0.1) is 10.1 Å². The number of nitro groups is 1. The van der Waals surface area contributed by atoms with Gasteiger partial charge in [-0.3, -0.25) is 24.6 Å². The zero-order valence-electron chi connectivity index (χ0n) is 18.3. The van der Waals surface area contributed by atoms with Crippen molar-refractivity contribution in [3.05, 3.63) is 64.2 Å². The molecule has 2 aromatic rings. The topological polar surface area (TPSA) is 192 Å². The lowest BCUT2D eigenvalue weighted by atomic mass is 10.2. The quantitative estimate of drug-likeness (QED) is 0.320. The van der Waals surface area contributed by atoms with Crippen LogP contribution in [0.4, 0.5) is 10.5 Å². The van der Waals surface area contributed by atoms with Crippen LogP contribution < -0.4 is 9.92 Å². The molecular formula is C21H19N5O8S. The molecule has 1 heterocycles. The van der Waals surface area contributed by atoms with Crippen molar-refractivity contribution in [3.63, 3.8) is 0 Å². The van der Waals surface area contributed by atoms with Crippen molar-refractivity contribution < 1.29 is 31.9 Å². The summed E-state index contributed by atoms with van der Waals surface area (Å²) in [5, 5.41) is 10.7. The van der Waals surface area contributed by atoms with Crippen LogP contribution >= 0.6 is 0 Å². The van der Waals surface area contributed by atoms with Crippen LogP contribution in [-0.4, -0.2) is 54.2 Å². The number of hydrogen-bond acceptors (Lipinski definition) is 9. The molecule has 0 spiro atoms. The first-order valence-electron chi connectivity index (χ1n) is 10.2. The van der Waals surface area contributed by atoms with E-state index in [1.165, 1.54) is 0 Å². The minimum atomic E-state index is -4.31. The number of amidine groups is 1. The van der Waals surface area contributed by atoms with Crippen LogP contribution in [0.1, 0.15) is 30.1 Å². The summed E-state index contributed by atoms with van der Waals surface area (Å²) < 4.78 is 29.9. The SMILES string of the molecule is CCCCN1C(=O)N=C(N)C(=NC(=O)c2ccc(S(=O)(=O)Oc3ccc([N+](=O)[O-])cc3)cc2)C1=O. The largest absolute Gasteiger partial charge is 0.382 e. The average Bonchev–Trinajstić information content (AvgIpc) is 2.81. The minimum absolute atomic E-state index is 0.0654. The second kappa shape index (κ2) is 10.2. The normalized spacial score (nSPS) is 15.2. The summed E-state index contributed by atoms with van der Waals surface area (Å²) in [6, 6.07) is 8.08. The first-order chi connectivity index (χ1) is 16.5. The van der Waals surface area contributed by atoms with Crippen LogP contribution in [0.15, 0.2) is 63.4 Å². The standard InChI is InChI=1S/C21H19N5O8S/c1-2-3-12-25-20(28)17(18(22)24-21(25)29)23-19(27)13-4-10-16(11-5-13)35(32,33)34-15-8-6-14(7-9-15)26(30)31/h4-11H,2-3,12H2,1H3,(H2,22,24,29). The number of rotatable bonds is 8. The van der Waals surface area contributed by atoms with Crippen molar-refractivity contribution in [2.45, 2.75) is 24.7 Å². The number of imide groups is 1. The van der Waals surface area contributed by atoms with Crippen molar-refractivity contribution in [2.24, 2.45) is 15.7 Å². The molecular weight excluding hydrogens is 482 g/mol. The number of non-ortho nitro benzene ring substituents is 1. The third-order valence-electron chi connectivity index (χ3n) is 4.73. The van der Waals surface area contributed by atoms with E-state index >= 15 is 0 Å². The van der Waals surface area contributed by atoms with Gasteiger partial charge in [0.2, 0.25) is 0 Å². The second-order valence-electron chi connectivity index (χ2n) is 7.17. The third-order valence-corrected chi connectivity index (χ3v) is 5.99. The number of aliphatic imine (C=N–C) groups is 2. The lowest BCUT2D eigenvalue weighted by Gasteiger charge is -2.22. The molecule has 1 aliphatic rings. The van der Waals surface area contributed by atoms with E-state index in [0.717, 1.165) is 53.4 Å². The van der Waals surface area contributed by atoms with Gasteiger partial charge in [-0.25, -0.2) is 4.79 Å². The molecule has 0 aliphatic carbocycles. The van der Waals surface area contributed by atoms with Crippen molar-refractivity contribution in [1.82, 2.24) is 4.90 Å². The summed E-state index contributed by atoms with van der Waals surface area (Å²) in [6.07, 6.45) is 1.25. The predicted octanol–water partition coefficient (Wildman–Crippen LogP) is 2.06. The van der Waals surface area contributed by atoms with E-state index < -0.39 is 44.4 Å². The monoisotopic (exact) mass is 501 g/mol. The smallest absolute Gasteiger partial charge is 0.352 e. The zero-order valence-corrected chi connectivity index (χ0v) is 19.1. The number of carbonyl (C=O) groups is 3. The molecule has 0 unspecified atom stereocenters. The lowest BCUT2D eigenvalue weighted by molar-refractivity contribution is -0.384. The summed E-state index contributed by atoms with van der Waals surface area (Å²) >= 11 is 0. The van der Waals surface area contributed by atoms with Gasteiger partial charge in [0.15, 0.2) is 11.5 Å². The summed E-state index contributed by atoms with van der Waals surface area (Å²) in [6.45, 7) is 1.97. The van der Waals surface area contributed by atoms with E-state index in [2.05, 4.69) is 9.98 Å². The van der Waals surface area contributed by atoms with E-state index in [9.17, 15) is 32.9 Å². The first kappa shape index (κ1) is 25.2. The molecule has 3 rings (SSSR count). The Morgan fingerprint density at radius 1 is 1.14 bits per heavy atom. The van der Waals surface area contributed by atoms with Crippen molar-refractivity contribution >= 4 is 45.2 Å². The summed E-state index contributed by atoms with van der Waals surface area (Å²) in [4.78, 5) is 54.9. The number of urea groups is 1. The van der Waals surface area contributed by atoms with Gasteiger partial charge in [0.1, 0.15) is 10.6 Å². The molecule has 0 radical (unpaired) electrons. The molecule has 4 amide bonds. The Morgan fingerprint density at radius 2 is 1.77 bits per heavy atom. The maximum atomic E-state index is 12.6. The van der Waals surface area contributed by atoms with Crippen LogP contribution in [0.25, 0.3) is 0 Å². The third kappa shape index (κ3) is 5.73. The average molecular weight is 501 g/mol. The fourth-order valence-electron chi connectivity index (χ4n) is 2.89. The molecule has 35 heavy (non-hydrogen) atoms. The highest BCUT2D eigenvalue weighted by molar-refractivity contribution is 7.87. The van der Waals surface area contributed by atoms with Crippen LogP contribution in [0.3, 0.4) is 0 Å². The second-order valence-corrected chi connectivity index (χ2v) is 8.71. The Kier molecular flexibility index (Phi) is 7.34. The molecule has 2 aromatic carbocycles. The molecule has 14 heteroatoms. The molecule has 0 saturated heterocycles. The summed E-state index contributed by atoms with van der Waals surface area (Å²) in [5.74, 6) is -2.39. The van der Waals surface area contributed by atoms with Crippen molar-refractivity contribution in [1.29, 1.82) is 0 Å². The number of unbranched alkanes of at least 4 members (excludes halogenated alkanes) is 1. The van der Waals surface area contributed by atoms with Gasteiger partial charge >= 0.3 is 16.1 Å². The minimum Gasteiger partial charge on any atom is -0.382 e. The van der Waals surface area contributed by atoms with E-state index in [1.807, 2.05) is 6.92 Å². The number of nitrogens with two attached hydrogens (primary N) is 1. The van der Waals surface area contributed by atoms with Gasteiger partial charge in [0, 0.05) is 24.2 Å². The number of hydrogen-bond donors (Lipinski definition) is 1. The molecule has 182 valence electrons. The highest BCUT2D eigenvalue weighted by atomic mass is 32.2. The predicted molar refractivity (Wildman–Crippen MR) is 123 cm³/mol. The fourth-order valence-corrected chi connectivity index (χ4v) is 3.82.